The topological polar surface area (TPSA) is 35.6 Å². The average molecular weight is 789 g/mol. The minimum atomic E-state index is 0.707. The summed E-state index contributed by atoms with van der Waals surface area (Å²) in [6, 6.07) is 78.6. The van der Waals surface area contributed by atoms with Crippen LogP contribution in [0, 0.1) is 0 Å². The van der Waals surface area contributed by atoms with E-state index in [2.05, 4.69) is 228 Å². The predicted molar refractivity (Wildman–Crippen MR) is 260 cm³/mol. The summed E-state index contributed by atoms with van der Waals surface area (Å²) < 4.78 is 4.77. The summed E-state index contributed by atoms with van der Waals surface area (Å²) in [7, 11) is 0. The fourth-order valence-electron chi connectivity index (χ4n) is 9.75. The lowest BCUT2D eigenvalue weighted by molar-refractivity contribution is 1.17. The lowest BCUT2D eigenvalue weighted by Gasteiger charge is -2.13. The van der Waals surface area contributed by atoms with E-state index in [1.807, 2.05) is 0 Å². The van der Waals surface area contributed by atoms with Gasteiger partial charge in [0.2, 0.25) is 0 Å². The third-order valence-electron chi connectivity index (χ3n) is 12.7. The van der Waals surface area contributed by atoms with Gasteiger partial charge < -0.3 is 9.13 Å². The van der Waals surface area contributed by atoms with Crippen molar-refractivity contribution in [3.8, 4) is 45.1 Å². The van der Waals surface area contributed by atoms with Crippen molar-refractivity contribution >= 4 is 76.1 Å². The zero-order valence-corrected chi connectivity index (χ0v) is 33.6. The number of rotatable bonds is 5. The Labute approximate surface area is 357 Å². The Balaban J connectivity index is 0.935. The maximum atomic E-state index is 5.32. The molecule has 0 aliphatic heterocycles. The first-order chi connectivity index (χ1) is 30.7. The summed E-state index contributed by atoms with van der Waals surface area (Å²) in [4.78, 5) is 10.6. The maximum Gasteiger partial charge on any atom is 0.160 e. The van der Waals surface area contributed by atoms with Gasteiger partial charge in [0, 0.05) is 54.8 Å². The van der Waals surface area contributed by atoms with Gasteiger partial charge in [-0.2, -0.15) is 0 Å². The van der Waals surface area contributed by atoms with Crippen LogP contribution < -0.4 is 0 Å². The van der Waals surface area contributed by atoms with Crippen molar-refractivity contribution in [2.75, 3.05) is 0 Å². The molecule has 0 saturated carbocycles. The summed E-state index contributed by atoms with van der Waals surface area (Å²) in [6.45, 7) is 0. The van der Waals surface area contributed by atoms with Crippen LogP contribution in [0.4, 0.5) is 0 Å². The molecule has 0 saturated heterocycles. The van der Waals surface area contributed by atoms with Gasteiger partial charge in [-0.3, -0.25) is 0 Å². The Kier molecular flexibility index (Phi) is 7.57. The fraction of sp³-hybridized carbons (Fsp3) is 0. The van der Waals surface area contributed by atoms with E-state index in [9.17, 15) is 0 Å². The Bertz CT molecular complexity index is 3910. The van der Waals surface area contributed by atoms with Crippen molar-refractivity contribution in [2.24, 2.45) is 0 Å². The average Bonchev–Trinajstić information content (AvgIpc) is 3.86. The number of hydrogen-bond donors (Lipinski definition) is 0. The largest absolute Gasteiger partial charge is 0.309 e. The molecule has 0 amide bonds. The van der Waals surface area contributed by atoms with Gasteiger partial charge in [0.05, 0.1) is 33.3 Å². The van der Waals surface area contributed by atoms with Crippen LogP contribution in [0.15, 0.2) is 218 Å². The Morgan fingerprint density at radius 3 is 1.61 bits per heavy atom. The normalized spacial score (nSPS) is 11.9. The van der Waals surface area contributed by atoms with Crippen molar-refractivity contribution < 1.29 is 0 Å². The molecule has 13 rings (SSSR count). The molecule has 4 nitrogen and oxygen atoms in total. The molecular weight excluding hydrogens is 753 g/mol. The van der Waals surface area contributed by atoms with Crippen LogP contribution >= 0.6 is 0 Å². The standard InChI is InChI=1S/C58H36N4/c1-2-15-44(16-3-1)62-52-20-10-8-18-47(52)49-31-27-42(36-55(49)62)41-28-33-54-51(35-41)48-19-9-11-21-53(48)61(54)45-29-24-39(25-30-45)58-59-56(43-23-22-37-12-4-5-14-40(37)34-43)50-32-26-38-13-6-7-17-46(38)57(50)60-58/h1-36H. The van der Waals surface area contributed by atoms with E-state index in [4.69, 9.17) is 9.97 Å². The third kappa shape index (κ3) is 5.33. The van der Waals surface area contributed by atoms with Crippen LogP contribution in [0.2, 0.25) is 0 Å². The number of para-hydroxylation sites is 3. The summed E-state index contributed by atoms with van der Waals surface area (Å²) >= 11 is 0. The summed E-state index contributed by atoms with van der Waals surface area (Å²) in [5.74, 6) is 0.707. The van der Waals surface area contributed by atoms with E-state index in [1.165, 1.54) is 60.0 Å². The lowest BCUT2D eigenvalue weighted by atomic mass is 9.99. The van der Waals surface area contributed by atoms with Gasteiger partial charge in [-0.1, -0.05) is 140 Å². The fourth-order valence-corrected chi connectivity index (χ4v) is 9.75. The summed E-state index contributed by atoms with van der Waals surface area (Å²) in [5.41, 5.74) is 13.3. The van der Waals surface area contributed by atoms with E-state index in [1.54, 1.807) is 0 Å². The minimum absolute atomic E-state index is 0.707. The van der Waals surface area contributed by atoms with Crippen LogP contribution in [0.5, 0.6) is 0 Å². The number of nitrogens with zero attached hydrogens (tertiary/aromatic N) is 4. The molecule has 0 aliphatic rings. The zero-order valence-electron chi connectivity index (χ0n) is 33.6. The summed E-state index contributed by atoms with van der Waals surface area (Å²) in [5, 5.41) is 10.7. The zero-order chi connectivity index (χ0) is 40.7. The Morgan fingerprint density at radius 1 is 0.274 bits per heavy atom. The maximum absolute atomic E-state index is 5.32. The molecule has 62 heavy (non-hydrogen) atoms. The second kappa shape index (κ2) is 13.6. The molecule has 0 unspecified atom stereocenters. The molecular formula is C58H36N4. The highest BCUT2D eigenvalue weighted by atomic mass is 15.0. The third-order valence-corrected chi connectivity index (χ3v) is 12.7. The van der Waals surface area contributed by atoms with E-state index in [0.717, 1.165) is 55.4 Å². The highest BCUT2D eigenvalue weighted by molar-refractivity contribution is 6.13. The second-order valence-electron chi connectivity index (χ2n) is 16.2. The highest BCUT2D eigenvalue weighted by Gasteiger charge is 2.18. The van der Waals surface area contributed by atoms with Gasteiger partial charge in [0.1, 0.15) is 0 Å². The Hall–Kier alpha value is -8.34. The smallest absolute Gasteiger partial charge is 0.160 e. The first-order valence-corrected chi connectivity index (χ1v) is 21.2. The SMILES string of the molecule is c1ccc(-n2c3ccccc3c3ccc(-c4ccc5c(c4)c4ccccc4n5-c4ccc(-c5nc(-c6ccc7ccccc7c6)c6ccc7ccccc7c6n5)cc4)cc32)cc1. The van der Waals surface area contributed by atoms with Gasteiger partial charge in [-0.05, 0) is 106 Å². The molecule has 3 aromatic heterocycles. The van der Waals surface area contributed by atoms with E-state index in [0.29, 0.717) is 5.82 Å². The van der Waals surface area contributed by atoms with Crippen molar-refractivity contribution in [3.63, 3.8) is 0 Å². The molecule has 0 fully saturated rings. The molecule has 10 aromatic carbocycles. The van der Waals surface area contributed by atoms with Crippen LogP contribution in [-0.4, -0.2) is 19.1 Å². The molecule has 0 radical (unpaired) electrons. The van der Waals surface area contributed by atoms with Crippen LogP contribution in [0.1, 0.15) is 0 Å². The molecule has 0 atom stereocenters. The van der Waals surface area contributed by atoms with Crippen LogP contribution in [0.3, 0.4) is 0 Å². The molecule has 3 heterocycles. The number of benzene rings is 10. The van der Waals surface area contributed by atoms with Gasteiger partial charge in [-0.15, -0.1) is 0 Å². The minimum Gasteiger partial charge on any atom is -0.309 e. The molecule has 0 aliphatic carbocycles. The van der Waals surface area contributed by atoms with Crippen LogP contribution in [0.25, 0.3) is 121 Å². The van der Waals surface area contributed by atoms with Crippen LogP contribution in [-0.2, 0) is 0 Å². The van der Waals surface area contributed by atoms with E-state index >= 15 is 0 Å². The first kappa shape index (κ1) is 34.5. The highest BCUT2D eigenvalue weighted by Crippen LogP contribution is 2.39. The monoisotopic (exact) mass is 788 g/mol. The molecule has 288 valence electrons. The quantitative estimate of drug-likeness (QED) is 0.163. The van der Waals surface area contributed by atoms with Crippen molar-refractivity contribution in [3.05, 3.63) is 218 Å². The molecule has 0 bridgehead atoms. The number of aromatic nitrogens is 4. The van der Waals surface area contributed by atoms with Crippen molar-refractivity contribution in [2.45, 2.75) is 0 Å². The van der Waals surface area contributed by atoms with Crippen molar-refractivity contribution in [1.29, 1.82) is 0 Å². The molecule has 0 N–H and O–H groups in total. The second-order valence-corrected chi connectivity index (χ2v) is 16.2. The lowest BCUT2D eigenvalue weighted by Crippen LogP contribution is -1.97. The number of hydrogen-bond acceptors (Lipinski definition) is 2. The molecule has 13 aromatic rings. The Morgan fingerprint density at radius 2 is 0.806 bits per heavy atom. The van der Waals surface area contributed by atoms with Gasteiger partial charge in [0.15, 0.2) is 5.82 Å². The predicted octanol–water partition coefficient (Wildman–Crippen LogP) is 15.1. The van der Waals surface area contributed by atoms with E-state index < -0.39 is 0 Å². The van der Waals surface area contributed by atoms with Gasteiger partial charge in [0.25, 0.3) is 0 Å². The van der Waals surface area contributed by atoms with Gasteiger partial charge >= 0.3 is 0 Å². The first-order valence-electron chi connectivity index (χ1n) is 21.2. The van der Waals surface area contributed by atoms with Crippen molar-refractivity contribution in [1.82, 2.24) is 19.1 Å². The van der Waals surface area contributed by atoms with E-state index in [-0.39, 0.29) is 0 Å². The summed E-state index contributed by atoms with van der Waals surface area (Å²) in [6.07, 6.45) is 0. The molecule has 0 spiro atoms. The number of fused-ring (bicyclic) bond motifs is 10. The molecule has 4 heteroatoms. The van der Waals surface area contributed by atoms with Gasteiger partial charge in [-0.25, -0.2) is 9.97 Å².